The molecule has 8 heteroatoms. The zero-order chi connectivity index (χ0) is 11.9. The number of ether oxygens (including phenoxy) is 1. The fourth-order valence-electron chi connectivity index (χ4n) is 0.879. The molecule has 0 spiro atoms. The van der Waals surface area contributed by atoms with Crippen LogP contribution in [0, 0.1) is 0 Å². The minimum absolute atomic E-state index is 0.158. The summed E-state index contributed by atoms with van der Waals surface area (Å²) in [6, 6.07) is 0. The molecule has 0 radical (unpaired) electrons. The molecule has 0 aliphatic carbocycles. The molecule has 1 aliphatic rings. The van der Waals surface area contributed by atoms with Gasteiger partial charge in [-0.3, -0.25) is 0 Å². The summed E-state index contributed by atoms with van der Waals surface area (Å²) in [5.41, 5.74) is 0. The van der Waals surface area contributed by atoms with Crippen molar-refractivity contribution in [1.82, 2.24) is 0 Å². The lowest BCUT2D eigenvalue weighted by molar-refractivity contribution is -0.202. The van der Waals surface area contributed by atoms with Crippen LogP contribution in [0.15, 0.2) is 11.9 Å². The van der Waals surface area contributed by atoms with E-state index in [2.05, 4.69) is 4.74 Å². The van der Waals surface area contributed by atoms with E-state index in [9.17, 15) is 30.7 Å². The van der Waals surface area contributed by atoms with Crippen molar-refractivity contribution in [3.05, 3.63) is 11.9 Å². The molecule has 1 aliphatic heterocycles. The van der Waals surface area contributed by atoms with Gasteiger partial charge in [0, 0.05) is 6.42 Å². The van der Waals surface area contributed by atoms with Crippen LogP contribution in [0.5, 0.6) is 0 Å². The first-order chi connectivity index (χ1) is 6.68. The average molecular weight is 238 g/mol. The minimum Gasteiger partial charge on any atom is -0.373 e. The van der Waals surface area contributed by atoms with Crippen molar-refractivity contribution in [3.63, 3.8) is 0 Å². The lowest BCUT2D eigenvalue weighted by atomic mass is 10.1. The molecule has 88 valence electrons. The van der Waals surface area contributed by atoms with E-state index in [1.165, 1.54) is 0 Å². The normalized spacial score (nSPS) is 21.4. The maximum atomic E-state index is 12.7. The molecule has 0 amide bonds. The molecule has 0 aromatic heterocycles. The highest BCUT2D eigenvalue weighted by molar-refractivity contribution is 5.11. The van der Waals surface area contributed by atoms with E-state index in [4.69, 9.17) is 0 Å². The van der Waals surface area contributed by atoms with Gasteiger partial charge in [0.2, 0.25) is 5.83 Å². The molecule has 1 rings (SSSR count). The van der Waals surface area contributed by atoms with Crippen LogP contribution >= 0.6 is 0 Å². The molecular formula is C7H5F7O. The highest BCUT2D eigenvalue weighted by Crippen LogP contribution is 2.46. The SMILES string of the molecule is FC(F)=C(F)C(F)(F)C(F)(F)CC1CO1. The Bertz CT molecular complexity index is 277. The summed E-state index contributed by atoms with van der Waals surface area (Å²) in [5.74, 6) is -13.8. The van der Waals surface area contributed by atoms with Gasteiger partial charge < -0.3 is 4.74 Å². The molecule has 1 nitrogen and oxygen atoms in total. The second-order valence-electron chi connectivity index (χ2n) is 3.01. The van der Waals surface area contributed by atoms with Crippen molar-refractivity contribution in [2.45, 2.75) is 24.4 Å². The van der Waals surface area contributed by atoms with Crippen molar-refractivity contribution < 1.29 is 35.5 Å². The van der Waals surface area contributed by atoms with Gasteiger partial charge in [-0.1, -0.05) is 0 Å². The van der Waals surface area contributed by atoms with Crippen LogP contribution in [-0.4, -0.2) is 24.6 Å². The van der Waals surface area contributed by atoms with Crippen LogP contribution in [0.3, 0.4) is 0 Å². The molecule has 0 saturated carbocycles. The molecule has 1 saturated heterocycles. The zero-order valence-corrected chi connectivity index (χ0v) is 7.05. The Balaban J connectivity index is 2.86. The maximum Gasteiger partial charge on any atom is 0.366 e. The Morgan fingerprint density at radius 2 is 1.60 bits per heavy atom. The zero-order valence-electron chi connectivity index (χ0n) is 7.05. The molecule has 1 atom stereocenters. The third-order valence-electron chi connectivity index (χ3n) is 1.79. The van der Waals surface area contributed by atoms with Gasteiger partial charge >= 0.3 is 17.9 Å². The lowest BCUT2D eigenvalue weighted by Gasteiger charge is -2.23. The molecule has 15 heavy (non-hydrogen) atoms. The van der Waals surface area contributed by atoms with Crippen molar-refractivity contribution in [2.24, 2.45) is 0 Å². The molecule has 1 heterocycles. The second kappa shape index (κ2) is 3.66. The van der Waals surface area contributed by atoms with E-state index in [0.717, 1.165) is 0 Å². The third-order valence-corrected chi connectivity index (χ3v) is 1.79. The summed E-state index contributed by atoms with van der Waals surface area (Å²) >= 11 is 0. The van der Waals surface area contributed by atoms with Crippen LogP contribution in [-0.2, 0) is 4.74 Å². The molecule has 0 aromatic rings. The Kier molecular flexibility index (Phi) is 2.99. The first-order valence-electron chi connectivity index (χ1n) is 3.77. The summed E-state index contributed by atoms with van der Waals surface area (Å²) in [6.07, 6.45) is -6.06. The summed E-state index contributed by atoms with van der Waals surface area (Å²) < 4.78 is 89.7. The van der Waals surface area contributed by atoms with Crippen molar-refractivity contribution in [2.75, 3.05) is 6.61 Å². The summed E-state index contributed by atoms with van der Waals surface area (Å²) in [6.45, 7) is -0.158. The molecule has 0 aromatic carbocycles. The Morgan fingerprint density at radius 1 is 1.13 bits per heavy atom. The molecule has 1 fully saturated rings. The summed E-state index contributed by atoms with van der Waals surface area (Å²) in [7, 11) is 0. The van der Waals surface area contributed by atoms with Crippen LogP contribution in [0.4, 0.5) is 30.7 Å². The van der Waals surface area contributed by atoms with Gasteiger partial charge in [-0.25, -0.2) is 0 Å². The fraction of sp³-hybridized carbons (Fsp3) is 0.714. The first kappa shape index (κ1) is 12.3. The van der Waals surface area contributed by atoms with Crippen LogP contribution in [0.25, 0.3) is 0 Å². The van der Waals surface area contributed by atoms with E-state index < -0.39 is 36.3 Å². The van der Waals surface area contributed by atoms with E-state index in [1.54, 1.807) is 0 Å². The van der Waals surface area contributed by atoms with Gasteiger partial charge in [0.25, 0.3) is 0 Å². The first-order valence-corrected chi connectivity index (χ1v) is 3.77. The number of halogens is 7. The Morgan fingerprint density at radius 3 is 1.93 bits per heavy atom. The Hall–Kier alpha value is -0.790. The predicted octanol–water partition coefficient (Wildman–Crippen LogP) is 3.12. The molecule has 0 N–H and O–H groups in total. The van der Waals surface area contributed by atoms with Gasteiger partial charge in [0.15, 0.2) is 0 Å². The highest BCUT2D eigenvalue weighted by Gasteiger charge is 2.62. The van der Waals surface area contributed by atoms with Crippen LogP contribution in [0.1, 0.15) is 6.42 Å². The van der Waals surface area contributed by atoms with Gasteiger partial charge in [-0.2, -0.15) is 30.7 Å². The van der Waals surface area contributed by atoms with Gasteiger partial charge in [0.1, 0.15) is 0 Å². The summed E-state index contributed by atoms with van der Waals surface area (Å²) in [5, 5.41) is 0. The fourth-order valence-corrected chi connectivity index (χ4v) is 0.879. The molecule has 1 unspecified atom stereocenters. The third kappa shape index (κ3) is 2.42. The van der Waals surface area contributed by atoms with Crippen LogP contribution in [0.2, 0.25) is 0 Å². The monoisotopic (exact) mass is 238 g/mol. The van der Waals surface area contributed by atoms with Crippen LogP contribution < -0.4 is 0 Å². The topological polar surface area (TPSA) is 12.5 Å². The van der Waals surface area contributed by atoms with Gasteiger partial charge in [0.05, 0.1) is 12.7 Å². The minimum atomic E-state index is -5.50. The van der Waals surface area contributed by atoms with Crippen molar-refractivity contribution >= 4 is 0 Å². The largest absolute Gasteiger partial charge is 0.373 e. The molecular weight excluding hydrogens is 233 g/mol. The van der Waals surface area contributed by atoms with Gasteiger partial charge in [-0.05, 0) is 0 Å². The van der Waals surface area contributed by atoms with Crippen molar-refractivity contribution in [3.8, 4) is 0 Å². The lowest BCUT2D eigenvalue weighted by Crippen LogP contribution is -2.42. The predicted molar refractivity (Wildman–Crippen MR) is 34.6 cm³/mol. The standard InChI is InChI=1S/C7H5F7O/c8-4(5(9)10)7(13,14)6(11,12)1-3-2-15-3/h3H,1-2H2. The molecule has 0 bridgehead atoms. The number of hydrogen-bond acceptors (Lipinski definition) is 1. The van der Waals surface area contributed by atoms with Gasteiger partial charge in [-0.15, -0.1) is 0 Å². The van der Waals surface area contributed by atoms with E-state index in [0.29, 0.717) is 0 Å². The van der Waals surface area contributed by atoms with E-state index in [1.807, 2.05) is 0 Å². The van der Waals surface area contributed by atoms with E-state index in [-0.39, 0.29) is 6.61 Å². The second-order valence-corrected chi connectivity index (χ2v) is 3.01. The number of epoxide rings is 1. The van der Waals surface area contributed by atoms with Crippen molar-refractivity contribution in [1.29, 1.82) is 0 Å². The van der Waals surface area contributed by atoms with E-state index >= 15 is 0 Å². The number of rotatable bonds is 4. The Labute approximate surface area is 79.5 Å². The maximum absolute atomic E-state index is 12.7. The highest BCUT2D eigenvalue weighted by atomic mass is 19.3. The smallest absolute Gasteiger partial charge is 0.366 e. The number of hydrogen-bond donors (Lipinski definition) is 0. The average Bonchev–Trinajstić information content (AvgIpc) is 2.85. The summed E-state index contributed by atoms with van der Waals surface area (Å²) in [4.78, 5) is 0. The number of allylic oxidation sites excluding steroid dienone is 1. The quantitative estimate of drug-likeness (QED) is 0.541. The number of alkyl halides is 4.